The average molecular weight is 318 g/mol. The quantitative estimate of drug-likeness (QED) is 0.538. The molecule has 0 atom stereocenters. The third kappa shape index (κ3) is 2.24. The van der Waals surface area contributed by atoms with Gasteiger partial charge in [0.05, 0.1) is 5.69 Å². The van der Waals surface area contributed by atoms with Crippen molar-refractivity contribution in [3.63, 3.8) is 0 Å². The standard InChI is InChI=1S/C19H14N2OS/c20-16-10-17(23-18(16)19(21)22)13-7-8-15-12(9-13)6-5-11-3-1-2-4-14(11)15/h1-10H,20H2,(H2,21,22). The molecule has 4 rings (SSSR count). The number of nitrogen functional groups attached to an aromatic ring is 1. The topological polar surface area (TPSA) is 69.1 Å². The molecule has 1 heterocycles. The highest BCUT2D eigenvalue weighted by Crippen LogP contribution is 2.35. The van der Waals surface area contributed by atoms with E-state index in [9.17, 15) is 4.79 Å². The van der Waals surface area contributed by atoms with Crippen molar-refractivity contribution in [3.8, 4) is 10.4 Å². The first-order valence-electron chi connectivity index (χ1n) is 7.24. The lowest BCUT2D eigenvalue weighted by atomic mass is 10.00. The van der Waals surface area contributed by atoms with E-state index in [0.717, 1.165) is 15.8 Å². The largest absolute Gasteiger partial charge is 0.397 e. The van der Waals surface area contributed by atoms with Gasteiger partial charge in [0.15, 0.2) is 0 Å². The van der Waals surface area contributed by atoms with E-state index in [2.05, 4.69) is 48.5 Å². The van der Waals surface area contributed by atoms with Crippen LogP contribution < -0.4 is 11.5 Å². The second-order valence-electron chi connectivity index (χ2n) is 5.48. The molecule has 0 unspecified atom stereocenters. The van der Waals surface area contributed by atoms with Crippen molar-refractivity contribution in [2.24, 2.45) is 5.73 Å². The molecular weight excluding hydrogens is 304 g/mol. The third-order valence-corrected chi connectivity index (χ3v) is 5.23. The molecule has 4 aromatic rings. The molecule has 0 aliphatic carbocycles. The van der Waals surface area contributed by atoms with Gasteiger partial charge in [-0.3, -0.25) is 4.79 Å². The van der Waals surface area contributed by atoms with Gasteiger partial charge in [-0.15, -0.1) is 11.3 Å². The zero-order chi connectivity index (χ0) is 16.0. The van der Waals surface area contributed by atoms with Crippen molar-refractivity contribution in [1.82, 2.24) is 0 Å². The first-order chi connectivity index (χ1) is 11.1. The number of fused-ring (bicyclic) bond motifs is 3. The number of hydrogen-bond donors (Lipinski definition) is 2. The van der Waals surface area contributed by atoms with Gasteiger partial charge >= 0.3 is 0 Å². The molecule has 0 spiro atoms. The van der Waals surface area contributed by atoms with Crippen LogP contribution in [0.5, 0.6) is 0 Å². The summed E-state index contributed by atoms with van der Waals surface area (Å²) >= 11 is 1.33. The van der Waals surface area contributed by atoms with Crippen LogP contribution >= 0.6 is 11.3 Å². The van der Waals surface area contributed by atoms with Gasteiger partial charge in [-0.25, -0.2) is 0 Å². The Morgan fingerprint density at radius 1 is 0.870 bits per heavy atom. The number of rotatable bonds is 2. The van der Waals surface area contributed by atoms with Crippen LogP contribution in [0.1, 0.15) is 9.67 Å². The van der Waals surface area contributed by atoms with E-state index in [4.69, 9.17) is 11.5 Å². The number of carbonyl (C=O) groups excluding carboxylic acids is 1. The monoisotopic (exact) mass is 318 g/mol. The summed E-state index contributed by atoms with van der Waals surface area (Å²) in [6.07, 6.45) is 0. The van der Waals surface area contributed by atoms with Gasteiger partial charge < -0.3 is 11.5 Å². The predicted octanol–water partition coefficient (Wildman–Crippen LogP) is 4.40. The van der Waals surface area contributed by atoms with E-state index in [0.29, 0.717) is 10.6 Å². The number of nitrogens with two attached hydrogens (primary N) is 2. The Balaban J connectivity index is 1.91. The van der Waals surface area contributed by atoms with Gasteiger partial charge in [0.25, 0.3) is 5.91 Å². The SMILES string of the molecule is NC(=O)c1sc(-c2ccc3c(ccc4ccccc43)c2)cc1N. The Morgan fingerprint density at radius 3 is 2.39 bits per heavy atom. The fourth-order valence-electron chi connectivity index (χ4n) is 2.91. The van der Waals surface area contributed by atoms with Crippen LogP contribution in [-0.2, 0) is 0 Å². The molecule has 3 nitrogen and oxygen atoms in total. The zero-order valence-electron chi connectivity index (χ0n) is 12.2. The van der Waals surface area contributed by atoms with Gasteiger partial charge in [0, 0.05) is 4.88 Å². The Labute approximate surface area is 137 Å². The van der Waals surface area contributed by atoms with Gasteiger partial charge in [-0.1, -0.05) is 48.5 Å². The van der Waals surface area contributed by atoms with E-state index in [1.54, 1.807) is 0 Å². The number of amides is 1. The molecule has 0 saturated carbocycles. The fourth-order valence-corrected chi connectivity index (χ4v) is 3.83. The van der Waals surface area contributed by atoms with Crippen molar-refractivity contribution >= 4 is 44.5 Å². The highest BCUT2D eigenvalue weighted by atomic mass is 32.1. The zero-order valence-corrected chi connectivity index (χ0v) is 13.1. The summed E-state index contributed by atoms with van der Waals surface area (Å²) in [5.41, 5.74) is 12.7. The van der Waals surface area contributed by atoms with Crippen molar-refractivity contribution in [3.05, 3.63) is 65.5 Å². The molecule has 0 aliphatic rings. The van der Waals surface area contributed by atoms with Gasteiger partial charge in [-0.05, 0) is 39.2 Å². The minimum atomic E-state index is -0.481. The van der Waals surface area contributed by atoms with E-state index in [1.807, 2.05) is 12.1 Å². The van der Waals surface area contributed by atoms with Crippen LogP contribution in [-0.4, -0.2) is 5.91 Å². The summed E-state index contributed by atoms with van der Waals surface area (Å²) in [6, 6.07) is 20.7. The summed E-state index contributed by atoms with van der Waals surface area (Å²) in [7, 11) is 0. The molecule has 1 amide bonds. The maximum atomic E-state index is 11.4. The van der Waals surface area contributed by atoms with E-state index in [-0.39, 0.29) is 0 Å². The summed E-state index contributed by atoms with van der Waals surface area (Å²) in [6.45, 7) is 0. The second kappa shape index (κ2) is 5.11. The Kier molecular flexibility index (Phi) is 3.06. The number of primary amides is 1. The van der Waals surface area contributed by atoms with Crippen molar-refractivity contribution < 1.29 is 4.79 Å². The number of carbonyl (C=O) groups is 1. The van der Waals surface area contributed by atoms with Crippen molar-refractivity contribution in [2.45, 2.75) is 0 Å². The van der Waals surface area contributed by atoms with Crippen LogP contribution in [0.3, 0.4) is 0 Å². The molecule has 1 aromatic heterocycles. The molecule has 0 aliphatic heterocycles. The molecular formula is C19H14N2OS. The first-order valence-corrected chi connectivity index (χ1v) is 8.06. The van der Waals surface area contributed by atoms with Crippen LogP contribution in [0.4, 0.5) is 5.69 Å². The van der Waals surface area contributed by atoms with Crippen molar-refractivity contribution in [2.75, 3.05) is 5.73 Å². The predicted molar refractivity (Wildman–Crippen MR) is 97.7 cm³/mol. The lowest BCUT2D eigenvalue weighted by Crippen LogP contribution is -2.10. The van der Waals surface area contributed by atoms with Gasteiger partial charge in [0.2, 0.25) is 0 Å². The molecule has 3 aromatic carbocycles. The fraction of sp³-hybridized carbons (Fsp3) is 0. The van der Waals surface area contributed by atoms with Gasteiger partial charge in [-0.2, -0.15) is 0 Å². The highest BCUT2D eigenvalue weighted by Gasteiger charge is 2.13. The molecule has 0 fully saturated rings. The maximum Gasteiger partial charge on any atom is 0.260 e. The molecule has 0 radical (unpaired) electrons. The molecule has 112 valence electrons. The average Bonchev–Trinajstić information content (AvgIpc) is 2.96. The smallest absolute Gasteiger partial charge is 0.260 e. The summed E-state index contributed by atoms with van der Waals surface area (Å²) in [5.74, 6) is -0.481. The highest BCUT2D eigenvalue weighted by molar-refractivity contribution is 7.18. The van der Waals surface area contributed by atoms with E-state index < -0.39 is 5.91 Å². The Bertz CT molecular complexity index is 1070. The van der Waals surface area contributed by atoms with Crippen LogP contribution in [0.15, 0.2) is 60.7 Å². The minimum absolute atomic E-state index is 0.415. The maximum absolute atomic E-state index is 11.4. The van der Waals surface area contributed by atoms with E-state index >= 15 is 0 Å². The summed E-state index contributed by atoms with van der Waals surface area (Å²) in [4.78, 5) is 12.7. The summed E-state index contributed by atoms with van der Waals surface area (Å²) in [5, 5.41) is 4.84. The second-order valence-corrected chi connectivity index (χ2v) is 6.53. The minimum Gasteiger partial charge on any atom is -0.397 e. The van der Waals surface area contributed by atoms with Crippen LogP contribution in [0.2, 0.25) is 0 Å². The molecule has 0 saturated heterocycles. The normalized spacial score (nSPS) is 11.1. The number of thiophene rings is 1. The lowest BCUT2D eigenvalue weighted by Gasteiger charge is -2.05. The molecule has 4 N–H and O–H groups in total. The van der Waals surface area contributed by atoms with E-state index in [1.165, 1.54) is 27.5 Å². The molecule has 23 heavy (non-hydrogen) atoms. The lowest BCUT2D eigenvalue weighted by molar-refractivity contribution is 0.100. The van der Waals surface area contributed by atoms with Crippen LogP contribution in [0, 0.1) is 0 Å². The first kappa shape index (κ1) is 13.8. The Hall–Kier alpha value is -2.85. The number of hydrogen-bond acceptors (Lipinski definition) is 3. The summed E-state index contributed by atoms with van der Waals surface area (Å²) < 4.78 is 0. The van der Waals surface area contributed by atoms with Gasteiger partial charge in [0.1, 0.15) is 4.88 Å². The third-order valence-electron chi connectivity index (χ3n) is 4.01. The number of benzene rings is 3. The van der Waals surface area contributed by atoms with Crippen LogP contribution in [0.25, 0.3) is 32.0 Å². The molecule has 4 heteroatoms. The molecule has 0 bridgehead atoms. The van der Waals surface area contributed by atoms with Crippen molar-refractivity contribution in [1.29, 1.82) is 0 Å². The number of anilines is 1. The Morgan fingerprint density at radius 2 is 1.61 bits per heavy atom.